The third-order valence-electron chi connectivity index (χ3n) is 4.10. The molecule has 24 heavy (non-hydrogen) atoms. The van der Waals surface area contributed by atoms with Gasteiger partial charge >= 0.3 is 0 Å². The molecule has 0 radical (unpaired) electrons. The van der Waals surface area contributed by atoms with E-state index >= 15 is 0 Å². The lowest BCUT2D eigenvalue weighted by Crippen LogP contribution is -2.31. The van der Waals surface area contributed by atoms with E-state index in [4.69, 9.17) is 0 Å². The quantitative estimate of drug-likeness (QED) is 0.744. The summed E-state index contributed by atoms with van der Waals surface area (Å²) in [6.45, 7) is 1.79. The number of anilines is 3. The summed E-state index contributed by atoms with van der Waals surface area (Å²) in [5.41, 5.74) is 3.70. The molecule has 1 N–H and O–H groups in total. The summed E-state index contributed by atoms with van der Waals surface area (Å²) in [7, 11) is 0. The summed E-state index contributed by atoms with van der Waals surface area (Å²) >= 11 is 3.43. The molecule has 5 nitrogen and oxygen atoms in total. The molecule has 120 valence electrons. The van der Waals surface area contributed by atoms with Crippen molar-refractivity contribution in [2.45, 2.75) is 13.0 Å². The van der Waals surface area contributed by atoms with Crippen LogP contribution in [0.2, 0.25) is 0 Å². The molecule has 0 saturated heterocycles. The summed E-state index contributed by atoms with van der Waals surface area (Å²) < 4.78 is 1.04. The van der Waals surface area contributed by atoms with Crippen LogP contribution in [0.5, 0.6) is 0 Å². The molecule has 0 saturated carbocycles. The summed E-state index contributed by atoms with van der Waals surface area (Å²) in [4.78, 5) is 6.86. The van der Waals surface area contributed by atoms with Crippen LogP contribution in [0.1, 0.15) is 11.1 Å². The van der Waals surface area contributed by atoms with Gasteiger partial charge < -0.3 is 10.2 Å². The smallest absolute Gasteiger partial charge is 0.249 e. The van der Waals surface area contributed by atoms with Crippen molar-refractivity contribution in [3.05, 3.63) is 70.3 Å². The fourth-order valence-corrected chi connectivity index (χ4v) is 3.12. The first kappa shape index (κ1) is 15.1. The minimum atomic E-state index is 0.508. The predicted molar refractivity (Wildman–Crippen MR) is 98.4 cm³/mol. The highest BCUT2D eigenvalue weighted by atomic mass is 79.9. The minimum absolute atomic E-state index is 0.508. The van der Waals surface area contributed by atoms with Crippen LogP contribution in [0.15, 0.2) is 59.2 Å². The van der Waals surface area contributed by atoms with Crippen molar-refractivity contribution in [3.63, 3.8) is 0 Å². The Labute approximate surface area is 148 Å². The summed E-state index contributed by atoms with van der Waals surface area (Å²) in [5, 5.41) is 11.4. The van der Waals surface area contributed by atoms with Gasteiger partial charge in [0.05, 0.1) is 6.20 Å². The molecule has 4 rings (SSSR count). The first-order chi connectivity index (χ1) is 11.8. The Morgan fingerprint density at radius 3 is 2.62 bits per heavy atom. The molecule has 0 bridgehead atoms. The molecular weight excluding hydrogens is 366 g/mol. The standard InChI is InChI=1S/C18H16BrN5/c19-15-5-7-16(8-6-15)21-18-22-17(11-20-23-18)24-10-9-13-3-1-2-4-14(13)12-24/h1-8,11H,9-10,12H2,(H,21,22,23). The summed E-state index contributed by atoms with van der Waals surface area (Å²) in [6.07, 6.45) is 2.75. The van der Waals surface area contributed by atoms with Gasteiger partial charge in [-0.2, -0.15) is 10.1 Å². The van der Waals surface area contributed by atoms with Gasteiger partial charge in [0, 0.05) is 23.2 Å². The lowest BCUT2D eigenvalue weighted by molar-refractivity contribution is 0.715. The second-order valence-corrected chi connectivity index (χ2v) is 6.63. The molecular formula is C18H16BrN5. The Bertz CT molecular complexity index is 850. The Hall–Kier alpha value is -2.47. The number of benzene rings is 2. The average molecular weight is 382 g/mol. The molecule has 3 aromatic rings. The van der Waals surface area contributed by atoms with E-state index in [-0.39, 0.29) is 0 Å². The molecule has 0 spiro atoms. The molecule has 0 amide bonds. The van der Waals surface area contributed by atoms with Crippen LogP contribution in [-0.2, 0) is 13.0 Å². The van der Waals surface area contributed by atoms with E-state index < -0.39 is 0 Å². The van der Waals surface area contributed by atoms with Gasteiger partial charge in [-0.3, -0.25) is 0 Å². The van der Waals surface area contributed by atoms with E-state index in [0.29, 0.717) is 5.95 Å². The maximum Gasteiger partial charge on any atom is 0.249 e. The van der Waals surface area contributed by atoms with Gasteiger partial charge in [-0.25, -0.2) is 0 Å². The number of aromatic nitrogens is 3. The molecule has 1 aliphatic heterocycles. The number of nitrogens with zero attached hydrogens (tertiary/aromatic N) is 4. The molecule has 2 aromatic carbocycles. The van der Waals surface area contributed by atoms with Crippen LogP contribution in [0, 0.1) is 0 Å². The number of nitrogens with one attached hydrogen (secondary N) is 1. The Kier molecular flexibility index (Phi) is 4.13. The van der Waals surface area contributed by atoms with Gasteiger partial charge in [-0.05, 0) is 41.8 Å². The number of halogens is 1. The van der Waals surface area contributed by atoms with E-state index in [2.05, 4.69) is 65.6 Å². The lowest BCUT2D eigenvalue weighted by Gasteiger charge is -2.29. The van der Waals surface area contributed by atoms with Crippen molar-refractivity contribution in [3.8, 4) is 0 Å². The van der Waals surface area contributed by atoms with Crippen molar-refractivity contribution in [2.75, 3.05) is 16.8 Å². The fraction of sp³-hybridized carbons (Fsp3) is 0.167. The van der Waals surface area contributed by atoms with Crippen LogP contribution in [0.25, 0.3) is 0 Å². The van der Waals surface area contributed by atoms with Crippen molar-refractivity contribution in [1.29, 1.82) is 0 Å². The molecule has 1 aromatic heterocycles. The zero-order valence-corrected chi connectivity index (χ0v) is 14.6. The van der Waals surface area contributed by atoms with E-state index in [1.54, 1.807) is 6.20 Å². The van der Waals surface area contributed by atoms with Crippen LogP contribution in [-0.4, -0.2) is 21.7 Å². The Morgan fingerprint density at radius 2 is 1.79 bits per heavy atom. The van der Waals surface area contributed by atoms with Crippen LogP contribution in [0.4, 0.5) is 17.5 Å². The second-order valence-electron chi connectivity index (χ2n) is 5.71. The minimum Gasteiger partial charge on any atom is -0.350 e. The fourth-order valence-electron chi connectivity index (χ4n) is 2.85. The Balaban J connectivity index is 1.54. The van der Waals surface area contributed by atoms with Gasteiger partial charge in [-0.15, -0.1) is 5.10 Å². The molecule has 0 unspecified atom stereocenters. The SMILES string of the molecule is Brc1ccc(Nc2nncc(N3CCc4ccccc4C3)n2)cc1. The van der Waals surface area contributed by atoms with Gasteiger partial charge in [0.15, 0.2) is 5.82 Å². The number of hydrogen-bond acceptors (Lipinski definition) is 5. The largest absolute Gasteiger partial charge is 0.350 e. The van der Waals surface area contributed by atoms with Crippen LogP contribution >= 0.6 is 15.9 Å². The maximum atomic E-state index is 4.62. The number of fused-ring (bicyclic) bond motifs is 1. The van der Waals surface area contributed by atoms with E-state index in [1.165, 1.54) is 11.1 Å². The molecule has 6 heteroatoms. The van der Waals surface area contributed by atoms with Gasteiger partial charge in [0.25, 0.3) is 0 Å². The first-order valence-corrected chi connectivity index (χ1v) is 8.61. The summed E-state index contributed by atoms with van der Waals surface area (Å²) in [5.74, 6) is 1.35. The number of hydrogen-bond donors (Lipinski definition) is 1. The zero-order chi connectivity index (χ0) is 16.4. The van der Waals surface area contributed by atoms with Gasteiger partial charge in [0.1, 0.15) is 0 Å². The molecule has 2 heterocycles. The third kappa shape index (κ3) is 3.23. The normalized spacial score (nSPS) is 13.5. The van der Waals surface area contributed by atoms with Crippen molar-refractivity contribution in [1.82, 2.24) is 15.2 Å². The lowest BCUT2D eigenvalue weighted by atomic mass is 10.0. The highest BCUT2D eigenvalue weighted by Crippen LogP contribution is 2.23. The zero-order valence-electron chi connectivity index (χ0n) is 13.0. The maximum absolute atomic E-state index is 4.62. The van der Waals surface area contributed by atoms with Crippen molar-refractivity contribution < 1.29 is 0 Å². The van der Waals surface area contributed by atoms with Gasteiger partial charge in [-0.1, -0.05) is 40.2 Å². The molecule has 0 aliphatic carbocycles. The number of rotatable bonds is 3. The first-order valence-electron chi connectivity index (χ1n) is 7.82. The predicted octanol–water partition coefficient (Wildman–Crippen LogP) is 3.94. The molecule has 1 aliphatic rings. The second kappa shape index (κ2) is 6.57. The Morgan fingerprint density at radius 1 is 1.00 bits per heavy atom. The van der Waals surface area contributed by atoms with E-state index in [1.807, 2.05) is 24.3 Å². The average Bonchev–Trinajstić information content (AvgIpc) is 2.63. The summed E-state index contributed by atoms with van der Waals surface area (Å²) in [6, 6.07) is 16.4. The third-order valence-corrected chi connectivity index (χ3v) is 4.63. The topological polar surface area (TPSA) is 53.9 Å². The highest BCUT2D eigenvalue weighted by molar-refractivity contribution is 9.10. The van der Waals surface area contributed by atoms with Crippen molar-refractivity contribution >= 4 is 33.4 Å². The van der Waals surface area contributed by atoms with E-state index in [0.717, 1.165) is 35.5 Å². The van der Waals surface area contributed by atoms with Crippen LogP contribution < -0.4 is 10.2 Å². The monoisotopic (exact) mass is 381 g/mol. The molecule has 0 atom stereocenters. The van der Waals surface area contributed by atoms with E-state index in [9.17, 15) is 0 Å². The highest BCUT2D eigenvalue weighted by Gasteiger charge is 2.17. The van der Waals surface area contributed by atoms with Crippen LogP contribution in [0.3, 0.4) is 0 Å². The van der Waals surface area contributed by atoms with Crippen molar-refractivity contribution in [2.24, 2.45) is 0 Å². The van der Waals surface area contributed by atoms with Gasteiger partial charge in [0.2, 0.25) is 5.95 Å². The molecule has 0 fully saturated rings.